The van der Waals surface area contributed by atoms with E-state index >= 15 is 0 Å². The molecule has 0 saturated carbocycles. The molecule has 0 aliphatic rings. The minimum absolute atomic E-state index is 0.357. The van der Waals surface area contributed by atoms with Gasteiger partial charge in [-0.1, -0.05) is 38.5 Å². The lowest BCUT2D eigenvalue weighted by molar-refractivity contribution is 0.406. The first kappa shape index (κ1) is 16.3. The summed E-state index contributed by atoms with van der Waals surface area (Å²) in [4.78, 5) is 4.23. The molecule has 0 fully saturated rings. The van der Waals surface area contributed by atoms with Crippen molar-refractivity contribution < 1.29 is 4.74 Å². The molecule has 2 N–H and O–H groups in total. The average molecular weight is 277 g/mol. The third-order valence-corrected chi connectivity index (χ3v) is 3.29. The van der Waals surface area contributed by atoms with Gasteiger partial charge in [0.15, 0.2) is 5.96 Å². The summed E-state index contributed by atoms with van der Waals surface area (Å²) >= 11 is 0. The van der Waals surface area contributed by atoms with Crippen LogP contribution in [0.2, 0.25) is 0 Å². The molecule has 1 aromatic carbocycles. The van der Waals surface area contributed by atoms with Crippen LogP contribution in [0.4, 0.5) is 0 Å². The highest BCUT2D eigenvalue weighted by atomic mass is 16.5. The standard InChI is InChI=1S/C16H27N3O/c1-5-6-11-18-16(17-3)19-12-13(2)14-9-7-8-10-15(14)20-4/h7-10,13H,5-6,11-12H2,1-4H3,(H2,17,18,19). The quantitative estimate of drug-likeness (QED) is 0.457. The Bertz CT molecular complexity index is 418. The number of unbranched alkanes of at least 4 members (excludes halogenated alkanes) is 1. The fraction of sp³-hybridized carbons (Fsp3) is 0.562. The van der Waals surface area contributed by atoms with Gasteiger partial charge in [-0.15, -0.1) is 0 Å². The van der Waals surface area contributed by atoms with Gasteiger partial charge in [0.2, 0.25) is 0 Å². The molecular formula is C16H27N3O. The van der Waals surface area contributed by atoms with Gasteiger partial charge in [0, 0.05) is 26.1 Å². The van der Waals surface area contributed by atoms with Crippen LogP contribution < -0.4 is 15.4 Å². The number of benzene rings is 1. The van der Waals surface area contributed by atoms with E-state index in [0.29, 0.717) is 5.92 Å². The van der Waals surface area contributed by atoms with Crippen LogP contribution in [0, 0.1) is 0 Å². The number of para-hydroxylation sites is 1. The minimum Gasteiger partial charge on any atom is -0.496 e. The first-order valence-electron chi connectivity index (χ1n) is 7.30. The summed E-state index contributed by atoms with van der Waals surface area (Å²) in [6.45, 7) is 6.15. The van der Waals surface area contributed by atoms with E-state index in [1.54, 1.807) is 14.2 Å². The lowest BCUT2D eigenvalue weighted by Crippen LogP contribution is -2.39. The number of hydrogen-bond donors (Lipinski definition) is 2. The normalized spacial score (nSPS) is 12.9. The van der Waals surface area contributed by atoms with Crippen molar-refractivity contribution in [2.45, 2.75) is 32.6 Å². The molecule has 1 aromatic rings. The summed E-state index contributed by atoms with van der Waals surface area (Å²) in [7, 11) is 3.51. The zero-order valence-corrected chi connectivity index (χ0v) is 13.1. The fourth-order valence-corrected chi connectivity index (χ4v) is 2.04. The van der Waals surface area contributed by atoms with Crippen molar-refractivity contribution in [1.29, 1.82) is 0 Å². The summed E-state index contributed by atoms with van der Waals surface area (Å²) < 4.78 is 5.41. The van der Waals surface area contributed by atoms with Gasteiger partial charge in [-0.2, -0.15) is 0 Å². The number of hydrogen-bond acceptors (Lipinski definition) is 2. The largest absolute Gasteiger partial charge is 0.496 e. The van der Waals surface area contributed by atoms with E-state index in [0.717, 1.165) is 31.2 Å². The zero-order chi connectivity index (χ0) is 14.8. The van der Waals surface area contributed by atoms with Gasteiger partial charge in [-0.05, 0) is 18.1 Å². The smallest absolute Gasteiger partial charge is 0.190 e. The van der Waals surface area contributed by atoms with Crippen molar-refractivity contribution in [2.75, 3.05) is 27.2 Å². The molecule has 0 aromatic heterocycles. The third-order valence-electron chi connectivity index (χ3n) is 3.29. The Morgan fingerprint density at radius 2 is 2.05 bits per heavy atom. The summed E-state index contributed by atoms with van der Waals surface area (Å²) in [6, 6.07) is 8.15. The highest BCUT2D eigenvalue weighted by Crippen LogP contribution is 2.25. The molecule has 0 amide bonds. The molecule has 112 valence electrons. The predicted octanol–water partition coefficient (Wildman–Crippen LogP) is 2.76. The van der Waals surface area contributed by atoms with E-state index < -0.39 is 0 Å². The zero-order valence-electron chi connectivity index (χ0n) is 13.1. The van der Waals surface area contributed by atoms with Crippen molar-refractivity contribution in [1.82, 2.24) is 10.6 Å². The van der Waals surface area contributed by atoms with Crippen molar-refractivity contribution >= 4 is 5.96 Å². The molecule has 20 heavy (non-hydrogen) atoms. The maximum atomic E-state index is 5.41. The van der Waals surface area contributed by atoms with Crippen molar-refractivity contribution in [3.63, 3.8) is 0 Å². The summed E-state index contributed by atoms with van der Waals surface area (Å²) in [6.07, 6.45) is 2.34. The third kappa shape index (κ3) is 5.11. The molecule has 0 spiro atoms. The van der Waals surface area contributed by atoms with E-state index in [9.17, 15) is 0 Å². The Morgan fingerprint density at radius 3 is 2.70 bits per heavy atom. The second-order valence-corrected chi connectivity index (χ2v) is 4.88. The van der Waals surface area contributed by atoms with Crippen LogP contribution in [0.3, 0.4) is 0 Å². The summed E-state index contributed by atoms with van der Waals surface area (Å²) in [5.74, 6) is 2.16. The monoisotopic (exact) mass is 277 g/mol. The predicted molar refractivity (Wildman–Crippen MR) is 85.7 cm³/mol. The van der Waals surface area contributed by atoms with Crippen LogP contribution in [0.15, 0.2) is 29.3 Å². The molecule has 0 aliphatic carbocycles. The molecule has 0 saturated heterocycles. The fourth-order valence-electron chi connectivity index (χ4n) is 2.04. The number of guanidine groups is 1. The number of ether oxygens (including phenoxy) is 1. The van der Waals surface area contributed by atoms with E-state index in [4.69, 9.17) is 4.74 Å². The van der Waals surface area contributed by atoms with Crippen LogP contribution in [0.5, 0.6) is 5.75 Å². The summed E-state index contributed by atoms with van der Waals surface area (Å²) in [5.41, 5.74) is 1.21. The second-order valence-electron chi connectivity index (χ2n) is 4.88. The Morgan fingerprint density at radius 1 is 1.30 bits per heavy atom. The highest BCUT2D eigenvalue weighted by molar-refractivity contribution is 5.79. The van der Waals surface area contributed by atoms with E-state index in [1.807, 2.05) is 18.2 Å². The Kier molecular flexibility index (Phi) is 7.55. The number of nitrogens with one attached hydrogen (secondary N) is 2. The molecule has 1 rings (SSSR count). The Hall–Kier alpha value is -1.71. The molecular weight excluding hydrogens is 250 g/mol. The lowest BCUT2D eigenvalue weighted by atomic mass is 10.0. The average Bonchev–Trinajstić information content (AvgIpc) is 2.50. The SMILES string of the molecule is CCCCNC(=NC)NCC(C)c1ccccc1OC. The molecule has 4 nitrogen and oxygen atoms in total. The molecule has 0 bridgehead atoms. The topological polar surface area (TPSA) is 45.7 Å². The van der Waals surface area contributed by atoms with E-state index in [2.05, 4.69) is 35.5 Å². The molecule has 0 radical (unpaired) electrons. The van der Waals surface area contributed by atoms with Gasteiger partial charge in [-0.3, -0.25) is 4.99 Å². The number of nitrogens with zero attached hydrogens (tertiary/aromatic N) is 1. The van der Waals surface area contributed by atoms with Crippen LogP contribution >= 0.6 is 0 Å². The minimum atomic E-state index is 0.357. The summed E-state index contributed by atoms with van der Waals surface area (Å²) in [5, 5.41) is 6.67. The second kappa shape index (κ2) is 9.23. The molecule has 0 aliphatic heterocycles. The molecule has 1 atom stereocenters. The molecule has 1 unspecified atom stereocenters. The van der Waals surface area contributed by atoms with Gasteiger partial charge in [0.1, 0.15) is 5.75 Å². The number of rotatable bonds is 7. The first-order chi connectivity index (χ1) is 9.72. The van der Waals surface area contributed by atoms with Gasteiger partial charge >= 0.3 is 0 Å². The maximum Gasteiger partial charge on any atom is 0.190 e. The maximum absolute atomic E-state index is 5.41. The molecule has 0 heterocycles. The number of methoxy groups -OCH3 is 1. The van der Waals surface area contributed by atoms with E-state index in [1.165, 1.54) is 12.0 Å². The number of aliphatic imine (C=N–C) groups is 1. The Labute approximate surface area is 122 Å². The van der Waals surface area contributed by atoms with Crippen LogP contribution in [0.1, 0.15) is 38.2 Å². The van der Waals surface area contributed by atoms with Gasteiger partial charge < -0.3 is 15.4 Å². The van der Waals surface area contributed by atoms with Crippen LogP contribution in [-0.4, -0.2) is 33.2 Å². The van der Waals surface area contributed by atoms with Gasteiger partial charge in [0.05, 0.1) is 7.11 Å². The highest BCUT2D eigenvalue weighted by Gasteiger charge is 2.11. The van der Waals surface area contributed by atoms with Gasteiger partial charge in [0.25, 0.3) is 0 Å². The van der Waals surface area contributed by atoms with E-state index in [-0.39, 0.29) is 0 Å². The molecule has 4 heteroatoms. The van der Waals surface area contributed by atoms with Gasteiger partial charge in [-0.25, -0.2) is 0 Å². The van der Waals surface area contributed by atoms with Crippen molar-refractivity contribution in [2.24, 2.45) is 4.99 Å². The van der Waals surface area contributed by atoms with Crippen molar-refractivity contribution in [3.8, 4) is 5.75 Å². The lowest BCUT2D eigenvalue weighted by Gasteiger charge is -2.18. The van der Waals surface area contributed by atoms with Crippen molar-refractivity contribution in [3.05, 3.63) is 29.8 Å². The first-order valence-corrected chi connectivity index (χ1v) is 7.30. The Balaban J connectivity index is 2.51. The van der Waals surface area contributed by atoms with Crippen LogP contribution in [0.25, 0.3) is 0 Å². The van der Waals surface area contributed by atoms with Crippen LogP contribution in [-0.2, 0) is 0 Å².